The van der Waals surface area contributed by atoms with Crippen molar-refractivity contribution in [1.82, 2.24) is 0 Å². The fraction of sp³-hybridized carbons (Fsp3) is 0.294. The van der Waals surface area contributed by atoms with E-state index < -0.39 is 6.10 Å². The molecule has 1 N–H and O–H groups in total. The molecule has 1 atom stereocenters. The molecule has 0 spiro atoms. The van der Waals surface area contributed by atoms with Crippen molar-refractivity contribution < 1.29 is 14.6 Å². The highest BCUT2D eigenvalue weighted by molar-refractivity contribution is 9.10. The highest BCUT2D eigenvalue weighted by Crippen LogP contribution is 2.30. The maximum Gasteiger partial charge on any atom is 0.146 e. The summed E-state index contributed by atoms with van der Waals surface area (Å²) in [6, 6.07) is 13.2. The fourth-order valence-electron chi connectivity index (χ4n) is 2.10. The maximum absolute atomic E-state index is 10.5. The Labute approximate surface area is 144 Å². The van der Waals surface area contributed by atoms with Crippen LogP contribution in [-0.4, -0.2) is 25.6 Å². The molecule has 0 saturated carbocycles. The standard InChI is InChI=1S/C17H18BrClO3/c1-21-11-22-9-8-12-2-4-13(5-3-12)17(20)15-10-14(18)6-7-16(15)19/h2-7,10,17,20H,8-9,11H2,1H3. The van der Waals surface area contributed by atoms with E-state index in [1.807, 2.05) is 36.4 Å². The van der Waals surface area contributed by atoms with Gasteiger partial charge in [0.25, 0.3) is 0 Å². The first-order valence-corrected chi connectivity index (χ1v) is 8.07. The average molecular weight is 386 g/mol. The lowest BCUT2D eigenvalue weighted by molar-refractivity contribution is -0.0291. The zero-order chi connectivity index (χ0) is 15.9. The van der Waals surface area contributed by atoms with Gasteiger partial charge < -0.3 is 14.6 Å². The van der Waals surface area contributed by atoms with Gasteiger partial charge in [-0.25, -0.2) is 0 Å². The van der Waals surface area contributed by atoms with Crippen LogP contribution in [0, 0.1) is 0 Å². The van der Waals surface area contributed by atoms with E-state index >= 15 is 0 Å². The molecule has 0 aliphatic carbocycles. The van der Waals surface area contributed by atoms with Crippen molar-refractivity contribution in [2.75, 3.05) is 20.5 Å². The summed E-state index contributed by atoms with van der Waals surface area (Å²) >= 11 is 9.56. The van der Waals surface area contributed by atoms with Crippen molar-refractivity contribution in [2.45, 2.75) is 12.5 Å². The van der Waals surface area contributed by atoms with E-state index in [-0.39, 0.29) is 0 Å². The summed E-state index contributed by atoms with van der Waals surface area (Å²) in [7, 11) is 1.60. The zero-order valence-electron chi connectivity index (χ0n) is 12.3. The number of methoxy groups -OCH3 is 1. The first-order chi connectivity index (χ1) is 10.6. The second kappa shape index (κ2) is 8.65. The third-order valence-corrected chi connectivity index (χ3v) is 4.12. The van der Waals surface area contributed by atoms with Crippen molar-refractivity contribution >= 4 is 27.5 Å². The Kier molecular flexibility index (Phi) is 6.86. The summed E-state index contributed by atoms with van der Waals surface area (Å²) in [6.45, 7) is 0.908. The Hall–Kier alpha value is -0.910. The molecule has 0 aliphatic rings. The van der Waals surface area contributed by atoms with Gasteiger partial charge in [-0.05, 0) is 35.7 Å². The van der Waals surface area contributed by atoms with Crippen molar-refractivity contribution in [3.8, 4) is 0 Å². The third kappa shape index (κ3) is 4.80. The largest absolute Gasteiger partial charge is 0.384 e. The molecule has 1 unspecified atom stereocenters. The lowest BCUT2D eigenvalue weighted by Gasteiger charge is -2.14. The Morgan fingerprint density at radius 2 is 1.91 bits per heavy atom. The molecule has 0 heterocycles. The minimum atomic E-state index is -0.746. The highest BCUT2D eigenvalue weighted by Gasteiger charge is 2.14. The zero-order valence-corrected chi connectivity index (χ0v) is 14.6. The molecule has 0 aromatic heterocycles. The van der Waals surface area contributed by atoms with Gasteiger partial charge in [-0.3, -0.25) is 0 Å². The SMILES string of the molecule is COCOCCc1ccc(C(O)c2cc(Br)ccc2Cl)cc1. The number of hydrogen-bond donors (Lipinski definition) is 1. The van der Waals surface area contributed by atoms with Crippen LogP contribution in [0.4, 0.5) is 0 Å². The lowest BCUT2D eigenvalue weighted by atomic mass is 10.00. The number of aliphatic hydroxyl groups is 1. The van der Waals surface area contributed by atoms with E-state index in [2.05, 4.69) is 15.9 Å². The quantitative estimate of drug-likeness (QED) is 0.569. The topological polar surface area (TPSA) is 38.7 Å². The summed E-state index contributed by atoms with van der Waals surface area (Å²) in [5.74, 6) is 0. The van der Waals surface area contributed by atoms with Crippen molar-refractivity contribution in [2.24, 2.45) is 0 Å². The fourth-order valence-corrected chi connectivity index (χ4v) is 2.70. The number of benzene rings is 2. The Morgan fingerprint density at radius 1 is 1.18 bits per heavy atom. The molecule has 2 aromatic carbocycles. The summed E-state index contributed by atoms with van der Waals surface area (Å²) in [6.07, 6.45) is 0.0565. The minimum absolute atomic E-state index is 0.304. The molecule has 3 nitrogen and oxygen atoms in total. The molecular formula is C17H18BrClO3. The van der Waals surface area contributed by atoms with E-state index in [9.17, 15) is 5.11 Å². The smallest absolute Gasteiger partial charge is 0.146 e. The Morgan fingerprint density at radius 3 is 2.59 bits per heavy atom. The van der Waals surface area contributed by atoms with Gasteiger partial charge in [0.05, 0.1) is 6.61 Å². The maximum atomic E-state index is 10.5. The Balaban J connectivity index is 2.04. The van der Waals surface area contributed by atoms with Crippen LogP contribution in [0.1, 0.15) is 22.8 Å². The van der Waals surface area contributed by atoms with E-state index in [4.69, 9.17) is 21.1 Å². The van der Waals surface area contributed by atoms with Crippen LogP contribution in [-0.2, 0) is 15.9 Å². The van der Waals surface area contributed by atoms with Crippen LogP contribution in [0.15, 0.2) is 46.9 Å². The summed E-state index contributed by atoms with van der Waals surface area (Å²) < 4.78 is 11.0. The highest BCUT2D eigenvalue weighted by atomic mass is 79.9. The number of aliphatic hydroxyl groups excluding tert-OH is 1. The summed E-state index contributed by atoms with van der Waals surface area (Å²) in [5, 5.41) is 11.0. The molecule has 0 bridgehead atoms. The monoisotopic (exact) mass is 384 g/mol. The molecule has 2 rings (SSSR count). The third-order valence-electron chi connectivity index (χ3n) is 3.28. The van der Waals surface area contributed by atoms with Crippen LogP contribution in [0.2, 0.25) is 5.02 Å². The summed E-state index contributed by atoms with van der Waals surface area (Å²) in [5.41, 5.74) is 2.64. The summed E-state index contributed by atoms with van der Waals surface area (Å²) in [4.78, 5) is 0. The molecule has 2 aromatic rings. The number of rotatable bonds is 7. The van der Waals surface area contributed by atoms with Gasteiger partial charge in [-0.1, -0.05) is 51.8 Å². The van der Waals surface area contributed by atoms with Crippen LogP contribution in [0.3, 0.4) is 0 Å². The predicted molar refractivity (Wildman–Crippen MR) is 91.2 cm³/mol. The molecule has 0 radical (unpaired) electrons. The van der Waals surface area contributed by atoms with Crippen LogP contribution < -0.4 is 0 Å². The molecule has 0 aliphatic heterocycles. The number of hydrogen-bond acceptors (Lipinski definition) is 3. The average Bonchev–Trinajstić information content (AvgIpc) is 2.54. The van der Waals surface area contributed by atoms with Gasteiger partial charge in [0, 0.05) is 22.2 Å². The van der Waals surface area contributed by atoms with Crippen LogP contribution >= 0.6 is 27.5 Å². The first-order valence-electron chi connectivity index (χ1n) is 6.90. The van der Waals surface area contributed by atoms with Gasteiger partial charge in [0.1, 0.15) is 12.9 Å². The van der Waals surface area contributed by atoms with Gasteiger partial charge in [0.15, 0.2) is 0 Å². The predicted octanol–water partition coefficient (Wildman–Crippen LogP) is 4.35. The normalized spacial score (nSPS) is 12.4. The van der Waals surface area contributed by atoms with Crippen molar-refractivity contribution in [1.29, 1.82) is 0 Å². The molecule has 0 fully saturated rings. The van der Waals surface area contributed by atoms with Gasteiger partial charge >= 0.3 is 0 Å². The number of halogens is 2. The second-order valence-corrected chi connectivity index (χ2v) is 6.20. The minimum Gasteiger partial charge on any atom is -0.384 e. The van der Waals surface area contributed by atoms with E-state index in [0.717, 1.165) is 22.0 Å². The van der Waals surface area contributed by atoms with Crippen LogP contribution in [0.5, 0.6) is 0 Å². The Bertz CT molecular complexity index is 601. The number of ether oxygens (including phenoxy) is 2. The molecule has 5 heteroatoms. The van der Waals surface area contributed by atoms with E-state index in [1.165, 1.54) is 0 Å². The van der Waals surface area contributed by atoms with Gasteiger partial charge in [0.2, 0.25) is 0 Å². The van der Waals surface area contributed by atoms with Gasteiger partial charge in [-0.2, -0.15) is 0 Å². The molecule has 0 saturated heterocycles. The lowest BCUT2D eigenvalue weighted by Crippen LogP contribution is -2.03. The van der Waals surface area contributed by atoms with Gasteiger partial charge in [-0.15, -0.1) is 0 Å². The molecule has 0 amide bonds. The van der Waals surface area contributed by atoms with E-state index in [1.54, 1.807) is 13.2 Å². The van der Waals surface area contributed by atoms with Crippen LogP contribution in [0.25, 0.3) is 0 Å². The first kappa shape index (κ1) is 17.4. The van der Waals surface area contributed by atoms with Crippen molar-refractivity contribution in [3.05, 3.63) is 68.7 Å². The molecule has 22 heavy (non-hydrogen) atoms. The molecule has 118 valence electrons. The van der Waals surface area contributed by atoms with E-state index in [0.29, 0.717) is 24.0 Å². The molecular weight excluding hydrogens is 368 g/mol. The van der Waals surface area contributed by atoms with Crippen molar-refractivity contribution in [3.63, 3.8) is 0 Å². The second-order valence-electron chi connectivity index (χ2n) is 4.87.